The highest BCUT2D eigenvalue weighted by atomic mass is 16.2. The average molecular weight is 449 g/mol. The number of carbonyl (C=O) groups is 3. The van der Waals surface area contributed by atoms with Crippen molar-refractivity contribution < 1.29 is 14.4 Å². The standard InChI is InChI=1S/C26H32N4O3/c1-2-3-13-30-19-20(18-24(30)31)25(32)27-23-12-8-7-11-22(23)26(33)29-16-14-28(15-17-29)21-9-5-4-6-10-21/h4-12,20H,2-3,13-19H2,1H3,(H,27,32)/t20-/m0/s1. The van der Waals surface area contributed by atoms with E-state index in [4.69, 9.17) is 0 Å². The van der Waals surface area contributed by atoms with E-state index >= 15 is 0 Å². The number of amides is 3. The maximum absolute atomic E-state index is 13.3. The molecule has 2 heterocycles. The molecule has 0 spiro atoms. The van der Waals surface area contributed by atoms with Crippen molar-refractivity contribution in [2.24, 2.45) is 5.92 Å². The molecule has 4 rings (SSSR count). The van der Waals surface area contributed by atoms with Gasteiger partial charge < -0.3 is 20.0 Å². The van der Waals surface area contributed by atoms with Gasteiger partial charge in [-0.2, -0.15) is 0 Å². The third-order valence-electron chi connectivity index (χ3n) is 6.47. The van der Waals surface area contributed by atoms with Gasteiger partial charge >= 0.3 is 0 Å². The highest BCUT2D eigenvalue weighted by Crippen LogP contribution is 2.24. The molecular formula is C26H32N4O3. The highest BCUT2D eigenvalue weighted by Gasteiger charge is 2.34. The lowest BCUT2D eigenvalue weighted by Crippen LogP contribution is -2.49. The summed E-state index contributed by atoms with van der Waals surface area (Å²) in [6.45, 7) is 6.01. The third-order valence-corrected chi connectivity index (χ3v) is 6.47. The third kappa shape index (κ3) is 5.35. The van der Waals surface area contributed by atoms with Crippen LogP contribution in [-0.4, -0.2) is 66.8 Å². The zero-order valence-electron chi connectivity index (χ0n) is 19.2. The first-order valence-electron chi connectivity index (χ1n) is 11.8. The van der Waals surface area contributed by atoms with Gasteiger partial charge in [-0.1, -0.05) is 43.7 Å². The van der Waals surface area contributed by atoms with Crippen LogP contribution in [0, 0.1) is 5.92 Å². The van der Waals surface area contributed by atoms with Crippen LogP contribution in [0.4, 0.5) is 11.4 Å². The van der Waals surface area contributed by atoms with E-state index in [1.54, 1.807) is 17.0 Å². The van der Waals surface area contributed by atoms with Gasteiger partial charge in [-0.25, -0.2) is 0 Å². The lowest BCUT2D eigenvalue weighted by atomic mass is 10.1. The van der Waals surface area contributed by atoms with Crippen LogP contribution in [0.15, 0.2) is 54.6 Å². The van der Waals surface area contributed by atoms with Gasteiger partial charge in [0.2, 0.25) is 11.8 Å². The van der Waals surface area contributed by atoms with Gasteiger partial charge in [0.05, 0.1) is 17.2 Å². The van der Waals surface area contributed by atoms with Crippen molar-refractivity contribution in [2.75, 3.05) is 49.5 Å². The minimum Gasteiger partial charge on any atom is -0.368 e. The van der Waals surface area contributed by atoms with E-state index in [9.17, 15) is 14.4 Å². The normalized spacial score (nSPS) is 18.5. The predicted molar refractivity (Wildman–Crippen MR) is 129 cm³/mol. The largest absolute Gasteiger partial charge is 0.368 e. The van der Waals surface area contributed by atoms with Gasteiger partial charge in [0, 0.05) is 51.4 Å². The van der Waals surface area contributed by atoms with Crippen molar-refractivity contribution in [3.05, 3.63) is 60.2 Å². The molecule has 0 radical (unpaired) electrons. The zero-order valence-corrected chi connectivity index (χ0v) is 19.2. The molecule has 33 heavy (non-hydrogen) atoms. The van der Waals surface area contributed by atoms with Gasteiger partial charge in [-0.3, -0.25) is 14.4 Å². The van der Waals surface area contributed by atoms with Gasteiger partial charge in [-0.15, -0.1) is 0 Å². The fourth-order valence-corrected chi connectivity index (χ4v) is 4.50. The molecule has 0 saturated carbocycles. The van der Waals surface area contributed by atoms with Gasteiger partial charge in [0.25, 0.3) is 5.91 Å². The maximum atomic E-state index is 13.3. The monoisotopic (exact) mass is 448 g/mol. The number of nitrogens with one attached hydrogen (secondary N) is 1. The van der Waals surface area contributed by atoms with Crippen molar-refractivity contribution >= 4 is 29.1 Å². The molecule has 2 aromatic rings. The predicted octanol–water partition coefficient (Wildman–Crippen LogP) is 3.24. The van der Waals surface area contributed by atoms with Crippen LogP contribution in [-0.2, 0) is 9.59 Å². The van der Waals surface area contributed by atoms with Crippen LogP contribution in [0.1, 0.15) is 36.5 Å². The molecule has 0 bridgehead atoms. The first-order chi connectivity index (χ1) is 16.1. The van der Waals surface area contributed by atoms with Crippen LogP contribution in [0.25, 0.3) is 0 Å². The average Bonchev–Trinajstić information content (AvgIpc) is 3.24. The fraction of sp³-hybridized carbons (Fsp3) is 0.423. The number of anilines is 2. The minimum atomic E-state index is -0.382. The summed E-state index contributed by atoms with van der Waals surface area (Å²) in [5.41, 5.74) is 2.17. The summed E-state index contributed by atoms with van der Waals surface area (Å²) in [7, 11) is 0. The zero-order chi connectivity index (χ0) is 23.2. The quantitative estimate of drug-likeness (QED) is 0.706. The number of likely N-dealkylation sites (tertiary alicyclic amines) is 1. The summed E-state index contributed by atoms with van der Waals surface area (Å²) in [6, 6.07) is 17.4. The van der Waals surface area contributed by atoms with Crippen LogP contribution < -0.4 is 10.2 Å². The Labute approximate surface area is 195 Å². The molecule has 2 aromatic carbocycles. The number of piperazine rings is 1. The summed E-state index contributed by atoms with van der Waals surface area (Å²) in [5, 5.41) is 2.93. The smallest absolute Gasteiger partial charge is 0.256 e. The number of unbranched alkanes of at least 4 members (excludes halogenated alkanes) is 1. The molecule has 7 nitrogen and oxygen atoms in total. The number of benzene rings is 2. The van der Waals surface area contributed by atoms with Gasteiger partial charge in [0.15, 0.2) is 0 Å². The summed E-state index contributed by atoms with van der Waals surface area (Å²) in [4.78, 5) is 44.3. The molecule has 174 valence electrons. The Morgan fingerprint density at radius 1 is 0.970 bits per heavy atom. The van der Waals surface area contributed by atoms with Crippen LogP contribution in [0.2, 0.25) is 0 Å². The molecule has 1 N–H and O–H groups in total. The molecule has 2 aliphatic heterocycles. The fourth-order valence-electron chi connectivity index (χ4n) is 4.50. The van der Waals surface area contributed by atoms with E-state index in [1.165, 1.54) is 0 Å². The van der Waals surface area contributed by atoms with E-state index in [1.807, 2.05) is 35.2 Å². The van der Waals surface area contributed by atoms with E-state index in [0.29, 0.717) is 37.4 Å². The second kappa shape index (κ2) is 10.5. The van der Waals surface area contributed by atoms with E-state index in [-0.39, 0.29) is 30.1 Å². The van der Waals surface area contributed by atoms with E-state index in [0.717, 1.165) is 31.6 Å². The Bertz CT molecular complexity index is 986. The maximum Gasteiger partial charge on any atom is 0.256 e. The summed E-state index contributed by atoms with van der Waals surface area (Å²) < 4.78 is 0. The molecule has 1 atom stereocenters. The SMILES string of the molecule is CCCCN1C[C@@H](C(=O)Nc2ccccc2C(=O)N2CCN(c3ccccc3)CC2)CC1=O. The van der Waals surface area contributed by atoms with Crippen molar-refractivity contribution in [3.63, 3.8) is 0 Å². The second-order valence-corrected chi connectivity index (χ2v) is 8.74. The number of nitrogens with zero attached hydrogens (tertiary/aromatic N) is 3. The summed E-state index contributed by atoms with van der Waals surface area (Å²) >= 11 is 0. The number of hydrogen-bond acceptors (Lipinski definition) is 4. The first-order valence-corrected chi connectivity index (χ1v) is 11.8. The molecule has 3 amide bonds. The Hall–Kier alpha value is -3.35. The lowest BCUT2D eigenvalue weighted by Gasteiger charge is -2.36. The van der Waals surface area contributed by atoms with Crippen molar-refractivity contribution in [3.8, 4) is 0 Å². The Morgan fingerprint density at radius 2 is 1.67 bits per heavy atom. The molecule has 0 aliphatic carbocycles. The molecular weight excluding hydrogens is 416 g/mol. The van der Waals surface area contributed by atoms with Gasteiger partial charge in [-0.05, 0) is 30.7 Å². The Balaban J connectivity index is 1.38. The number of carbonyl (C=O) groups excluding carboxylic acids is 3. The minimum absolute atomic E-state index is 0.0317. The molecule has 2 aliphatic rings. The van der Waals surface area contributed by atoms with Crippen molar-refractivity contribution in [1.29, 1.82) is 0 Å². The van der Waals surface area contributed by atoms with Crippen LogP contribution in [0.3, 0.4) is 0 Å². The van der Waals surface area contributed by atoms with E-state index < -0.39 is 0 Å². The molecule has 0 unspecified atom stereocenters. The molecule has 2 saturated heterocycles. The topological polar surface area (TPSA) is 73.0 Å². The summed E-state index contributed by atoms with van der Waals surface area (Å²) in [5.74, 6) is -0.627. The van der Waals surface area contributed by atoms with E-state index in [2.05, 4.69) is 29.3 Å². The summed E-state index contributed by atoms with van der Waals surface area (Å²) in [6.07, 6.45) is 2.18. The Kier molecular flexibility index (Phi) is 7.27. The number of rotatable bonds is 7. The highest BCUT2D eigenvalue weighted by molar-refractivity contribution is 6.05. The van der Waals surface area contributed by atoms with Gasteiger partial charge in [0.1, 0.15) is 0 Å². The molecule has 0 aromatic heterocycles. The first kappa shape index (κ1) is 22.8. The number of hydrogen-bond donors (Lipinski definition) is 1. The molecule has 2 fully saturated rings. The number of para-hydroxylation sites is 2. The van der Waals surface area contributed by atoms with Crippen molar-refractivity contribution in [2.45, 2.75) is 26.2 Å². The van der Waals surface area contributed by atoms with Crippen LogP contribution in [0.5, 0.6) is 0 Å². The Morgan fingerprint density at radius 3 is 2.39 bits per heavy atom. The second-order valence-electron chi connectivity index (χ2n) is 8.74. The van der Waals surface area contributed by atoms with Crippen LogP contribution >= 0.6 is 0 Å². The van der Waals surface area contributed by atoms with Crippen molar-refractivity contribution in [1.82, 2.24) is 9.80 Å². The molecule has 7 heteroatoms. The lowest BCUT2D eigenvalue weighted by molar-refractivity contribution is -0.128.